The van der Waals surface area contributed by atoms with Crippen LogP contribution in [0.4, 0.5) is 0 Å². The summed E-state index contributed by atoms with van der Waals surface area (Å²) in [6, 6.07) is 94.8. The summed E-state index contributed by atoms with van der Waals surface area (Å²) in [5.41, 5.74) is 16.2. The Kier molecular flexibility index (Phi) is 16.0. The summed E-state index contributed by atoms with van der Waals surface area (Å²) in [6.07, 6.45) is 0. The molecule has 0 aliphatic carbocycles. The first kappa shape index (κ1) is 59.8. The molecule has 0 aliphatic heterocycles. The van der Waals surface area contributed by atoms with Gasteiger partial charge in [-0.25, -0.2) is 0 Å². The zero-order valence-electron chi connectivity index (χ0n) is 52.2. The van der Waals surface area contributed by atoms with Gasteiger partial charge in [-0.3, -0.25) is 0 Å². The third-order valence-electron chi connectivity index (χ3n) is 18.4. The van der Waals surface area contributed by atoms with E-state index in [2.05, 4.69) is 317 Å². The van der Waals surface area contributed by atoms with Crippen molar-refractivity contribution in [3.05, 3.63) is 292 Å². The van der Waals surface area contributed by atoms with Crippen molar-refractivity contribution in [2.75, 3.05) is 0 Å². The van der Waals surface area contributed by atoms with Crippen molar-refractivity contribution in [3.8, 4) is 44.5 Å². The number of hydrogen-bond acceptors (Lipinski definition) is 0. The number of hydrogen-bond donors (Lipinski definition) is 0. The molecular formula is C86H72SiZr-4. The zero-order chi connectivity index (χ0) is 59.2. The molecule has 0 saturated heterocycles. The molecule has 0 fully saturated rings. The van der Waals surface area contributed by atoms with Crippen molar-refractivity contribution in [3.63, 3.8) is 0 Å². The minimum absolute atomic E-state index is 0. The fraction of sp³-hybridized carbons (Fsp3) is 0.116. The summed E-state index contributed by atoms with van der Waals surface area (Å²) in [7, 11) is 0. The summed E-state index contributed by atoms with van der Waals surface area (Å²) >= 11 is 1.36. The van der Waals surface area contributed by atoms with Crippen LogP contribution in [-0.2, 0) is 34.2 Å². The van der Waals surface area contributed by atoms with E-state index >= 15 is 0 Å². The van der Waals surface area contributed by atoms with Crippen LogP contribution >= 0.6 is 0 Å². The number of aryl methyl sites for hydroxylation is 2. The summed E-state index contributed by atoms with van der Waals surface area (Å²) in [6.45, 7) is 21.8. The van der Waals surface area contributed by atoms with E-state index in [1.54, 1.807) is 0 Å². The molecule has 88 heavy (non-hydrogen) atoms. The van der Waals surface area contributed by atoms with Crippen molar-refractivity contribution in [1.82, 2.24) is 0 Å². The molecule has 0 saturated carbocycles. The third-order valence-corrected chi connectivity index (χ3v) is 18.4. The summed E-state index contributed by atoms with van der Waals surface area (Å²) in [4.78, 5) is 0. The van der Waals surface area contributed by atoms with Gasteiger partial charge in [0, 0.05) is 0 Å². The number of rotatable bonds is 4. The summed E-state index contributed by atoms with van der Waals surface area (Å²) in [5.74, 6) is 0. The van der Waals surface area contributed by atoms with Gasteiger partial charge in [0.15, 0.2) is 0 Å². The fourth-order valence-corrected chi connectivity index (χ4v) is 14.7. The van der Waals surface area contributed by atoms with E-state index in [1.807, 2.05) is 0 Å². The topological polar surface area (TPSA) is 0 Å². The molecule has 0 amide bonds. The van der Waals surface area contributed by atoms with Gasteiger partial charge in [-0.05, 0) is 144 Å². The average Bonchev–Trinajstić information content (AvgIpc) is 1.66. The summed E-state index contributed by atoms with van der Waals surface area (Å²) < 4.78 is 0. The van der Waals surface area contributed by atoms with Crippen LogP contribution < -0.4 is 0 Å². The van der Waals surface area contributed by atoms with Crippen molar-refractivity contribution in [2.24, 2.45) is 0 Å². The molecule has 2 radical (unpaired) electrons. The Bertz CT molecular complexity index is 4830. The van der Waals surface area contributed by atoms with Gasteiger partial charge in [-0.15, -0.1) is 44.8 Å². The quantitative estimate of drug-likeness (QED) is 0.0936. The van der Waals surface area contributed by atoms with Crippen LogP contribution in [0.5, 0.6) is 0 Å². The van der Waals surface area contributed by atoms with Gasteiger partial charge in [-0.2, -0.15) is 11.1 Å². The average molecular weight is 1220 g/mol. The van der Waals surface area contributed by atoms with E-state index in [-0.39, 0.29) is 25.7 Å². The van der Waals surface area contributed by atoms with E-state index in [9.17, 15) is 0 Å². The van der Waals surface area contributed by atoms with E-state index in [1.165, 1.54) is 198 Å². The second kappa shape index (κ2) is 23.5. The van der Waals surface area contributed by atoms with Gasteiger partial charge in [0.05, 0.1) is 0 Å². The molecule has 16 aromatic rings. The summed E-state index contributed by atoms with van der Waals surface area (Å²) in [5, 5.41) is 26.1. The molecule has 0 heterocycles. The van der Waals surface area contributed by atoms with Crippen molar-refractivity contribution in [2.45, 2.75) is 66.2 Å². The van der Waals surface area contributed by atoms with E-state index < -0.39 is 0 Å². The predicted molar refractivity (Wildman–Crippen MR) is 386 cm³/mol. The van der Waals surface area contributed by atoms with Gasteiger partial charge in [-0.1, -0.05) is 296 Å². The second-order valence-electron chi connectivity index (χ2n) is 25.5. The monoisotopic (exact) mass is 1220 g/mol. The molecule has 0 unspecified atom stereocenters. The van der Waals surface area contributed by atoms with Gasteiger partial charge < -0.3 is 14.9 Å². The molecule has 0 nitrogen and oxygen atoms in total. The van der Waals surface area contributed by atoms with E-state index in [0.717, 1.165) is 0 Å². The third kappa shape index (κ3) is 9.94. The standard InChI is InChI=1S/2C42H33.2CH3.Si.Zr/c2*1-26-38(42(2,3)4)25-37-35(40-31-17-9-5-13-27(31)23-28-14-6-10-18-32(28)40)21-22-36(39(26)37)41-33-19-11-7-15-29(33)24-30-16-8-12-20-34(30)41;;;;/h2*5-25H,1-4H3;2*1H3;;/q4*-1;;. The van der Waals surface area contributed by atoms with Crippen LogP contribution in [0.25, 0.3) is 152 Å². The van der Waals surface area contributed by atoms with Crippen LogP contribution in [-0.4, -0.2) is 6.88 Å². The molecule has 0 aromatic heterocycles. The number of fused-ring (bicyclic) bond motifs is 10. The maximum atomic E-state index is 3.06. The molecule has 16 aromatic carbocycles. The molecule has 16 rings (SSSR count). The molecule has 0 bridgehead atoms. The Morgan fingerprint density at radius 1 is 0.273 bits per heavy atom. The van der Waals surface area contributed by atoms with Crippen LogP contribution in [0.1, 0.15) is 63.8 Å². The molecule has 0 N–H and O–H groups in total. The van der Waals surface area contributed by atoms with Gasteiger partial charge in [0.1, 0.15) is 0 Å². The van der Waals surface area contributed by atoms with Crippen molar-refractivity contribution >= 4 is 115 Å². The number of benzene rings is 14. The van der Waals surface area contributed by atoms with Crippen LogP contribution in [0.2, 0.25) is 0 Å². The van der Waals surface area contributed by atoms with E-state index in [0.29, 0.717) is 0 Å². The van der Waals surface area contributed by atoms with Crippen molar-refractivity contribution in [1.29, 1.82) is 0 Å². The first-order chi connectivity index (χ1) is 41.8. The SMILES string of the molecule is Cc1c(C(C)(C)C)[cH-]c2c(-c3c4ccccc4cc4ccccc34)ccc(-c3c4ccccc4cc4ccccc34)c12.Cc1c(C(C)(C)C)[cH-]c2c(-c3c4ccccc4cc4ccccc34)ccc(-c3c4ccccc4cc4ccccc34)c12.[CH3-].[CH3-].[Si]=[Zr]. The minimum atomic E-state index is 0. The second-order valence-corrected chi connectivity index (χ2v) is 25.5. The molecule has 0 aliphatic rings. The van der Waals surface area contributed by atoms with Crippen LogP contribution in [0, 0.1) is 28.7 Å². The predicted octanol–water partition coefficient (Wildman–Crippen LogP) is 24.7. The van der Waals surface area contributed by atoms with Gasteiger partial charge in [0.2, 0.25) is 0 Å². The van der Waals surface area contributed by atoms with Gasteiger partial charge in [0.25, 0.3) is 0 Å². The Labute approximate surface area is 536 Å². The Morgan fingerprint density at radius 3 is 0.659 bits per heavy atom. The first-order valence-electron chi connectivity index (χ1n) is 30.2. The zero-order valence-corrected chi connectivity index (χ0v) is 55.7. The van der Waals surface area contributed by atoms with Crippen molar-refractivity contribution < 1.29 is 23.3 Å². The molecule has 0 atom stereocenters. The Hall–Kier alpha value is -8.52. The van der Waals surface area contributed by atoms with Crippen LogP contribution in [0.3, 0.4) is 0 Å². The normalized spacial score (nSPS) is 11.8. The molecule has 0 spiro atoms. The fourth-order valence-electron chi connectivity index (χ4n) is 14.7. The van der Waals surface area contributed by atoms with E-state index in [4.69, 9.17) is 0 Å². The molecular weight excluding hydrogens is 1150 g/mol. The Morgan fingerprint density at radius 2 is 0.455 bits per heavy atom. The van der Waals surface area contributed by atoms with Gasteiger partial charge >= 0.3 is 30.2 Å². The molecule has 428 valence electrons. The first-order valence-corrected chi connectivity index (χ1v) is 34.3. The maximum absolute atomic E-state index is 3.06. The van der Waals surface area contributed by atoms with Crippen LogP contribution in [0.15, 0.2) is 255 Å². The molecule has 2 heteroatoms. The Balaban J connectivity index is 0.000000163.